The predicted octanol–water partition coefficient (Wildman–Crippen LogP) is 4.57. The molecule has 2 N–H and O–H groups in total. The summed E-state index contributed by atoms with van der Waals surface area (Å²) in [6.45, 7) is 17.1. The Morgan fingerprint density at radius 3 is 1.75 bits per heavy atom. The van der Waals surface area contributed by atoms with Crippen molar-refractivity contribution in [1.29, 1.82) is 0 Å². The van der Waals surface area contributed by atoms with E-state index in [0.717, 1.165) is 25.7 Å². The summed E-state index contributed by atoms with van der Waals surface area (Å²) in [5.41, 5.74) is -0.499. The van der Waals surface area contributed by atoms with Crippen molar-refractivity contribution in [3.8, 4) is 0 Å². The van der Waals surface area contributed by atoms with Crippen LogP contribution in [0.2, 0.25) is 18.1 Å². The van der Waals surface area contributed by atoms with E-state index < -0.39 is 20.0 Å². The van der Waals surface area contributed by atoms with Crippen molar-refractivity contribution >= 4 is 20.5 Å². The molecule has 0 atom stereocenters. The average molecular weight is 417 g/mol. The zero-order valence-corrected chi connectivity index (χ0v) is 19.9. The first-order valence-corrected chi connectivity index (χ1v) is 13.2. The lowest BCUT2D eigenvalue weighted by Gasteiger charge is -2.36. The molecule has 1 rings (SSSR count). The van der Waals surface area contributed by atoms with Crippen molar-refractivity contribution in [3.63, 3.8) is 0 Å². The normalized spacial score (nSPS) is 21.0. The molecule has 1 fully saturated rings. The van der Waals surface area contributed by atoms with Crippen LogP contribution in [0.1, 0.15) is 67.2 Å². The topological polar surface area (TPSA) is 85.9 Å². The van der Waals surface area contributed by atoms with Gasteiger partial charge in [0.05, 0.1) is 6.61 Å². The van der Waals surface area contributed by atoms with Crippen molar-refractivity contribution in [2.75, 3.05) is 13.2 Å². The summed E-state index contributed by atoms with van der Waals surface area (Å²) in [5, 5.41) is 5.95. The Kier molecular flexibility index (Phi) is 8.81. The lowest BCUT2D eigenvalue weighted by Crippen LogP contribution is -2.45. The Balaban J connectivity index is 2.21. The van der Waals surface area contributed by atoms with Gasteiger partial charge in [0.2, 0.25) is 0 Å². The quantitative estimate of drug-likeness (QED) is 0.489. The molecule has 1 aliphatic rings. The highest BCUT2D eigenvalue weighted by atomic mass is 28.4. The van der Waals surface area contributed by atoms with Gasteiger partial charge in [0.25, 0.3) is 0 Å². The third-order valence-electron chi connectivity index (χ3n) is 5.36. The second kappa shape index (κ2) is 9.96. The number of amides is 2. The number of nitrogens with one attached hydrogen (secondary N) is 2. The lowest BCUT2D eigenvalue weighted by atomic mass is 9.91. The Hall–Kier alpha value is -1.28. The molecule has 0 heterocycles. The highest BCUT2D eigenvalue weighted by Crippen LogP contribution is 2.36. The maximum absolute atomic E-state index is 12.0. The van der Waals surface area contributed by atoms with E-state index in [9.17, 15) is 9.59 Å². The van der Waals surface area contributed by atoms with Crippen molar-refractivity contribution < 1.29 is 23.5 Å². The van der Waals surface area contributed by atoms with E-state index >= 15 is 0 Å². The predicted molar refractivity (Wildman–Crippen MR) is 113 cm³/mol. The van der Waals surface area contributed by atoms with Gasteiger partial charge in [-0.2, -0.15) is 0 Å². The Morgan fingerprint density at radius 1 is 0.857 bits per heavy atom. The van der Waals surface area contributed by atoms with E-state index in [2.05, 4.69) is 44.5 Å². The van der Waals surface area contributed by atoms with Gasteiger partial charge in [0.1, 0.15) is 12.2 Å². The van der Waals surface area contributed by atoms with Crippen molar-refractivity contribution in [3.05, 3.63) is 0 Å². The zero-order chi connectivity index (χ0) is 21.6. The van der Waals surface area contributed by atoms with Crippen LogP contribution in [-0.2, 0) is 13.9 Å². The minimum atomic E-state index is -1.81. The number of hydrogen-bond acceptors (Lipinski definition) is 5. The van der Waals surface area contributed by atoms with Gasteiger partial charge >= 0.3 is 12.2 Å². The van der Waals surface area contributed by atoms with Crippen LogP contribution in [0.5, 0.6) is 0 Å². The molecule has 28 heavy (non-hydrogen) atoms. The fourth-order valence-electron chi connectivity index (χ4n) is 2.71. The molecule has 0 aromatic heterocycles. The van der Waals surface area contributed by atoms with Crippen LogP contribution in [0.3, 0.4) is 0 Å². The molecule has 0 unspecified atom stereocenters. The SMILES string of the molecule is CC(C)(C)OC(=O)N[C@H]1CC[C@@H](NC(=O)OCCO[Si](C)(C)C(C)(C)C)CC1. The summed E-state index contributed by atoms with van der Waals surface area (Å²) in [6.07, 6.45) is 2.43. The lowest BCUT2D eigenvalue weighted by molar-refractivity contribution is 0.0488. The maximum atomic E-state index is 12.0. The van der Waals surface area contributed by atoms with E-state index in [1.165, 1.54) is 0 Å². The number of ether oxygens (including phenoxy) is 2. The van der Waals surface area contributed by atoms with Crippen molar-refractivity contribution in [1.82, 2.24) is 10.6 Å². The fraction of sp³-hybridized carbons (Fsp3) is 0.900. The number of carbonyl (C=O) groups excluding carboxylic acids is 2. The van der Waals surface area contributed by atoms with Crippen LogP contribution >= 0.6 is 0 Å². The Bertz CT molecular complexity index is 518. The molecule has 1 aliphatic carbocycles. The van der Waals surface area contributed by atoms with Gasteiger partial charge in [-0.15, -0.1) is 0 Å². The number of hydrogen-bond donors (Lipinski definition) is 2. The molecule has 2 amide bonds. The molecule has 0 spiro atoms. The van der Waals surface area contributed by atoms with Gasteiger partial charge in [0.15, 0.2) is 8.32 Å². The Morgan fingerprint density at radius 2 is 1.32 bits per heavy atom. The number of rotatable bonds is 6. The fourth-order valence-corrected chi connectivity index (χ4v) is 3.74. The van der Waals surface area contributed by atoms with E-state index in [-0.39, 0.29) is 29.8 Å². The first kappa shape index (κ1) is 24.8. The van der Waals surface area contributed by atoms with Crippen molar-refractivity contribution in [2.24, 2.45) is 0 Å². The van der Waals surface area contributed by atoms with Gasteiger partial charge in [0, 0.05) is 12.1 Å². The van der Waals surface area contributed by atoms with Crippen LogP contribution in [0.15, 0.2) is 0 Å². The van der Waals surface area contributed by atoms with E-state index in [4.69, 9.17) is 13.9 Å². The third-order valence-corrected chi connectivity index (χ3v) is 9.89. The molecule has 164 valence electrons. The first-order valence-electron chi connectivity index (χ1n) is 10.3. The van der Waals surface area contributed by atoms with E-state index in [0.29, 0.717) is 6.61 Å². The maximum Gasteiger partial charge on any atom is 0.407 e. The molecular formula is C20H40N2O5Si. The number of carbonyl (C=O) groups is 2. The minimum absolute atomic E-state index is 0.0745. The minimum Gasteiger partial charge on any atom is -0.447 e. The van der Waals surface area contributed by atoms with Gasteiger partial charge in [-0.25, -0.2) is 9.59 Å². The summed E-state index contributed by atoms with van der Waals surface area (Å²) in [6, 6.07) is 0.160. The van der Waals surface area contributed by atoms with Crippen LogP contribution < -0.4 is 10.6 Å². The summed E-state index contributed by atoms with van der Waals surface area (Å²) < 4.78 is 16.5. The van der Waals surface area contributed by atoms with Crippen molar-refractivity contribution in [2.45, 2.75) is 103 Å². The Labute approximate surface area is 171 Å². The van der Waals surface area contributed by atoms with Crippen LogP contribution in [0.25, 0.3) is 0 Å². The molecule has 0 aromatic carbocycles. The summed E-state index contributed by atoms with van der Waals surface area (Å²) >= 11 is 0. The monoisotopic (exact) mass is 416 g/mol. The standard InChI is InChI=1S/C20H40N2O5Si/c1-19(2,3)27-18(24)22-16-11-9-15(10-12-16)21-17(23)25-13-14-26-28(7,8)20(4,5)6/h15-16H,9-14H2,1-8H3,(H,21,23)(H,22,24)/t15-,16+. The molecule has 0 aliphatic heterocycles. The van der Waals surface area contributed by atoms with Gasteiger partial charge in [-0.3, -0.25) is 0 Å². The van der Waals surface area contributed by atoms with Gasteiger partial charge in [-0.05, 0) is 64.6 Å². The van der Waals surface area contributed by atoms with E-state index in [1.54, 1.807) is 0 Å². The second-order valence-electron chi connectivity index (χ2n) is 10.1. The van der Waals surface area contributed by atoms with Crippen LogP contribution in [0, 0.1) is 0 Å². The van der Waals surface area contributed by atoms with Crippen LogP contribution in [-0.4, -0.2) is 51.4 Å². The average Bonchev–Trinajstić information content (AvgIpc) is 2.50. The molecule has 0 aromatic rings. The largest absolute Gasteiger partial charge is 0.447 e. The molecule has 0 radical (unpaired) electrons. The highest BCUT2D eigenvalue weighted by Gasteiger charge is 2.37. The van der Waals surface area contributed by atoms with Crippen LogP contribution in [0.4, 0.5) is 9.59 Å². The zero-order valence-electron chi connectivity index (χ0n) is 18.9. The second-order valence-corrected chi connectivity index (χ2v) is 14.9. The smallest absolute Gasteiger partial charge is 0.407 e. The molecular weight excluding hydrogens is 376 g/mol. The summed E-state index contributed by atoms with van der Waals surface area (Å²) in [7, 11) is -1.81. The first-order chi connectivity index (χ1) is 12.7. The third kappa shape index (κ3) is 9.27. The number of alkyl carbamates (subject to hydrolysis) is 2. The van der Waals surface area contributed by atoms with E-state index in [1.807, 2.05) is 20.8 Å². The summed E-state index contributed by atoms with van der Waals surface area (Å²) in [4.78, 5) is 23.8. The van der Waals surface area contributed by atoms with Gasteiger partial charge in [-0.1, -0.05) is 20.8 Å². The molecule has 7 nitrogen and oxygen atoms in total. The summed E-state index contributed by atoms with van der Waals surface area (Å²) in [5.74, 6) is 0. The van der Waals surface area contributed by atoms with Gasteiger partial charge < -0.3 is 24.5 Å². The molecule has 8 heteroatoms. The molecule has 0 bridgehead atoms. The molecule has 0 saturated heterocycles. The highest BCUT2D eigenvalue weighted by molar-refractivity contribution is 6.74. The molecule has 1 saturated carbocycles.